The molecule has 10 nitrogen and oxygen atoms in total. The van der Waals surface area contributed by atoms with Crippen LogP contribution >= 0.6 is 0 Å². The third-order valence-electron chi connectivity index (χ3n) is 2.83. The van der Waals surface area contributed by atoms with Crippen molar-refractivity contribution in [2.75, 3.05) is 13.2 Å². The Labute approximate surface area is 126 Å². The molecule has 0 spiro atoms. The van der Waals surface area contributed by atoms with Crippen molar-refractivity contribution < 1.29 is 33.8 Å². The number of nitrogens with two attached hydrogens (primary N) is 1. The summed E-state index contributed by atoms with van der Waals surface area (Å²) in [7, 11) is 0. The van der Waals surface area contributed by atoms with E-state index in [4.69, 9.17) is 15.6 Å². The molecular formula is C12H19N3O7. The molecule has 0 aromatic rings. The quantitative estimate of drug-likeness (QED) is 0.279. The second kappa shape index (κ2) is 7.71. The van der Waals surface area contributed by atoms with Crippen LogP contribution in [0.25, 0.3) is 0 Å². The van der Waals surface area contributed by atoms with Crippen LogP contribution in [-0.4, -0.2) is 66.3 Å². The van der Waals surface area contributed by atoms with Crippen LogP contribution in [0, 0.1) is 0 Å². The highest BCUT2D eigenvalue weighted by Crippen LogP contribution is 2.23. The number of hydrogen-bond donors (Lipinski definition) is 4. The molecule has 22 heavy (non-hydrogen) atoms. The topological polar surface area (TPSA) is 160 Å². The number of rotatable bonds is 8. The lowest BCUT2D eigenvalue weighted by atomic mass is 10.2. The molecular weight excluding hydrogens is 298 g/mol. The molecule has 0 unspecified atom stereocenters. The molecule has 1 saturated heterocycles. The summed E-state index contributed by atoms with van der Waals surface area (Å²) in [5.41, 5.74) is 5.52. The predicted octanol–water partition coefficient (Wildman–Crippen LogP) is -2.65. The standard InChI is InChI=1S/C12H19N3O7/c1-3-21-12(20)8-7(22-8)10(17)14-4-6(13)9(16)15-5(2)11(18)19/h5-8H,3-4,13H2,1-2H3,(H,14,17)(H,15,16)(H,18,19)/t5-,6-,7-,8-/m0/s1. The summed E-state index contributed by atoms with van der Waals surface area (Å²) in [5, 5.41) is 13.2. The van der Waals surface area contributed by atoms with E-state index >= 15 is 0 Å². The molecule has 0 aliphatic carbocycles. The Hall–Kier alpha value is -2.20. The van der Waals surface area contributed by atoms with Gasteiger partial charge in [-0.05, 0) is 13.8 Å². The summed E-state index contributed by atoms with van der Waals surface area (Å²) in [4.78, 5) is 45.1. The minimum atomic E-state index is -1.20. The van der Waals surface area contributed by atoms with Gasteiger partial charge in [-0.1, -0.05) is 0 Å². The van der Waals surface area contributed by atoms with Crippen LogP contribution in [0.3, 0.4) is 0 Å². The summed E-state index contributed by atoms with van der Waals surface area (Å²) in [6.07, 6.45) is -1.88. The Balaban J connectivity index is 2.31. The van der Waals surface area contributed by atoms with Gasteiger partial charge in [0.15, 0.2) is 12.2 Å². The van der Waals surface area contributed by atoms with E-state index in [0.29, 0.717) is 0 Å². The number of carboxylic acid groups (broad SMARTS) is 1. The normalized spacial score (nSPS) is 22.1. The fourth-order valence-electron chi connectivity index (χ4n) is 1.50. The molecule has 0 bridgehead atoms. The molecule has 10 heteroatoms. The number of aliphatic carboxylic acids is 1. The zero-order valence-corrected chi connectivity index (χ0v) is 12.2. The molecule has 5 N–H and O–H groups in total. The number of amides is 2. The third kappa shape index (κ3) is 4.97. The van der Waals surface area contributed by atoms with Gasteiger partial charge in [0.25, 0.3) is 5.91 Å². The molecule has 1 heterocycles. The number of carboxylic acids is 1. The van der Waals surface area contributed by atoms with Gasteiger partial charge in [0.05, 0.1) is 6.61 Å². The average molecular weight is 317 g/mol. The van der Waals surface area contributed by atoms with Crippen molar-refractivity contribution in [2.24, 2.45) is 5.73 Å². The van der Waals surface area contributed by atoms with E-state index < -0.39 is 48.0 Å². The van der Waals surface area contributed by atoms with Crippen LogP contribution in [0.5, 0.6) is 0 Å². The van der Waals surface area contributed by atoms with Gasteiger partial charge in [-0.25, -0.2) is 4.79 Å². The third-order valence-corrected chi connectivity index (χ3v) is 2.83. The number of epoxide rings is 1. The molecule has 1 rings (SSSR count). The minimum Gasteiger partial charge on any atom is -0.480 e. The predicted molar refractivity (Wildman–Crippen MR) is 71.5 cm³/mol. The largest absolute Gasteiger partial charge is 0.480 e. The molecule has 1 aliphatic heterocycles. The number of carbonyl (C=O) groups excluding carboxylic acids is 3. The van der Waals surface area contributed by atoms with Crippen LogP contribution in [0.2, 0.25) is 0 Å². The Morgan fingerprint density at radius 3 is 2.50 bits per heavy atom. The van der Waals surface area contributed by atoms with Crippen molar-refractivity contribution in [2.45, 2.75) is 38.1 Å². The van der Waals surface area contributed by atoms with Gasteiger partial charge < -0.3 is 30.9 Å². The lowest BCUT2D eigenvalue weighted by molar-refractivity contribution is -0.144. The Bertz CT molecular complexity index is 468. The maximum absolute atomic E-state index is 11.7. The summed E-state index contributed by atoms with van der Waals surface area (Å²) < 4.78 is 9.56. The van der Waals surface area contributed by atoms with Gasteiger partial charge in [-0.2, -0.15) is 0 Å². The van der Waals surface area contributed by atoms with Crippen LogP contribution in [0.15, 0.2) is 0 Å². The Kier molecular flexibility index (Phi) is 6.25. The van der Waals surface area contributed by atoms with Gasteiger partial charge in [-0.3, -0.25) is 14.4 Å². The number of carbonyl (C=O) groups is 4. The van der Waals surface area contributed by atoms with E-state index in [2.05, 4.69) is 15.4 Å². The summed E-state index contributed by atoms with van der Waals surface area (Å²) in [6.45, 7) is 2.88. The van der Waals surface area contributed by atoms with E-state index in [1.165, 1.54) is 6.92 Å². The molecule has 1 fully saturated rings. The first kappa shape index (κ1) is 17.9. The van der Waals surface area contributed by atoms with Gasteiger partial charge >= 0.3 is 11.9 Å². The first-order chi connectivity index (χ1) is 10.3. The van der Waals surface area contributed by atoms with Crippen LogP contribution in [-0.2, 0) is 28.7 Å². The molecule has 0 radical (unpaired) electrons. The molecule has 2 amide bonds. The number of nitrogens with one attached hydrogen (secondary N) is 2. The highest BCUT2D eigenvalue weighted by molar-refractivity contribution is 5.93. The first-order valence-corrected chi connectivity index (χ1v) is 6.66. The van der Waals surface area contributed by atoms with Gasteiger partial charge in [0.2, 0.25) is 5.91 Å². The zero-order chi connectivity index (χ0) is 16.9. The maximum Gasteiger partial charge on any atom is 0.338 e. The van der Waals surface area contributed by atoms with Crippen molar-refractivity contribution in [1.82, 2.24) is 10.6 Å². The molecule has 4 atom stereocenters. The molecule has 124 valence electrons. The monoisotopic (exact) mass is 317 g/mol. The van der Waals surface area contributed by atoms with Crippen LogP contribution in [0.4, 0.5) is 0 Å². The highest BCUT2D eigenvalue weighted by atomic mass is 16.6. The van der Waals surface area contributed by atoms with Crippen LogP contribution in [0.1, 0.15) is 13.8 Å². The van der Waals surface area contributed by atoms with Gasteiger partial charge in [-0.15, -0.1) is 0 Å². The van der Waals surface area contributed by atoms with Crippen molar-refractivity contribution in [3.05, 3.63) is 0 Å². The summed E-state index contributed by atoms with van der Waals surface area (Å²) in [6, 6.07) is -2.21. The first-order valence-electron chi connectivity index (χ1n) is 6.66. The van der Waals surface area contributed by atoms with Crippen molar-refractivity contribution in [1.29, 1.82) is 0 Å². The maximum atomic E-state index is 11.7. The summed E-state index contributed by atoms with van der Waals surface area (Å²) >= 11 is 0. The van der Waals surface area contributed by atoms with Crippen LogP contribution < -0.4 is 16.4 Å². The fraction of sp³-hybridized carbons (Fsp3) is 0.667. The van der Waals surface area contributed by atoms with E-state index in [1.807, 2.05) is 0 Å². The summed E-state index contributed by atoms with van der Waals surface area (Å²) in [5.74, 6) is -3.13. The molecule has 1 aliphatic rings. The van der Waals surface area contributed by atoms with E-state index in [9.17, 15) is 19.2 Å². The highest BCUT2D eigenvalue weighted by Gasteiger charge is 2.51. The van der Waals surface area contributed by atoms with Crippen molar-refractivity contribution in [3.63, 3.8) is 0 Å². The number of ether oxygens (including phenoxy) is 2. The number of esters is 1. The van der Waals surface area contributed by atoms with E-state index in [-0.39, 0.29) is 13.2 Å². The van der Waals surface area contributed by atoms with Gasteiger partial charge in [0.1, 0.15) is 12.1 Å². The van der Waals surface area contributed by atoms with Gasteiger partial charge in [0, 0.05) is 6.54 Å². The lowest BCUT2D eigenvalue weighted by Gasteiger charge is -2.15. The lowest BCUT2D eigenvalue weighted by Crippen LogP contribution is -2.52. The molecule has 0 saturated carbocycles. The Morgan fingerprint density at radius 2 is 1.95 bits per heavy atom. The average Bonchev–Trinajstić information content (AvgIpc) is 3.24. The van der Waals surface area contributed by atoms with E-state index in [0.717, 1.165) is 0 Å². The second-order valence-electron chi connectivity index (χ2n) is 4.65. The molecule has 0 aromatic heterocycles. The Morgan fingerprint density at radius 1 is 1.32 bits per heavy atom. The minimum absolute atomic E-state index is 0.180. The zero-order valence-electron chi connectivity index (χ0n) is 12.2. The second-order valence-corrected chi connectivity index (χ2v) is 4.65. The molecule has 0 aromatic carbocycles. The smallest absolute Gasteiger partial charge is 0.338 e. The van der Waals surface area contributed by atoms with Crippen molar-refractivity contribution >= 4 is 23.8 Å². The fourth-order valence-corrected chi connectivity index (χ4v) is 1.50. The number of hydrogen-bond acceptors (Lipinski definition) is 7. The van der Waals surface area contributed by atoms with Crippen molar-refractivity contribution in [3.8, 4) is 0 Å². The van der Waals surface area contributed by atoms with E-state index in [1.54, 1.807) is 6.92 Å². The SMILES string of the molecule is CCOC(=O)[C@H]1O[C@@H]1C(=O)NC[C@H](N)C(=O)N[C@@H](C)C(=O)O.